The fourth-order valence-corrected chi connectivity index (χ4v) is 6.28. The molecule has 0 amide bonds. The summed E-state index contributed by atoms with van der Waals surface area (Å²) in [6, 6.07) is 0. The van der Waals surface area contributed by atoms with Crippen molar-refractivity contribution in [3.8, 4) is 0 Å². The SMILES string of the molecule is CC(C)CCCCCCCOC(CC(=O)O)(C(=O)O)C(CCCCCCCC(C)C)(CCCCCCCC(C)C)C(=O)O. The first-order valence-corrected chi connectivity index (χ1v) is 17.6. The van der Waals surface area contributed by atoms with Gasteiger partial charge in [-0.3, -0.25) is 9.59 Å². The molecule has 0 aliphatic rings. The standard InChI is InChI=1S/C36H68O7/c1-29(2)22-16-10-7-13-19-25-35(33(39)40,26-20-14-8-11-17-23-30(3)4)36(34(41)42,28-32(37)38)43-27-21-15-9-12-18-24-31(5)6/h29-31H,7-28H2,1-6H3,(H,37,38)(H,39,40)(H,41,42). The van der Waals surface area contributed by atoms with Crippen LogP contribution in [0, 0.1) is 23.2 Å². The van der Waals surface area contributed by atoms with E-state index < -0.39 is 35.3 Å². The van der Waals surface area contributed by atoms with E-state index in [1.807, 2.05) is 0 Å². The van der Waals surface area contributed by atoms with E-state index in [4.69, 9.17) is 4.74 Å². The highest BCUT2D eigenvalue weighted by Gasteiger charge is 2.63. The molecule has 0 spiro atoms. The molecular formula is C36H68O7. The Morgan fingerprint density at radius 3 is 1.19 bits per heavy atom. The van der Waals surface area contributed by atoms with Crippen molar-refractivity contribution in [3.63, 3.8) is 0 Å². The zero-order valence-electron chi connectivity index (χ0n) is 28.8. The first-order valence-electron chi connectivity index (χ1n) is 17.6. The second-order valence-corrected chi connectivity index (χ2v) is 14.3. The molecule has 0 aromatic rings. The summed E-state index contributed by atoms with van der Waals surface area (Å²) < 4.78 is 6.06. The van der Waals surface area contributed by atoms with Gasteiger partial charge in [0.15, 0.2) is 5.60 Å². The number of carboxylic acids is 3. The van der Waals surface area contributed by atoms with E-state index in [1.54, 1.807) is 0 Å². The fourth-order valence-electron chi connectivity index (χ4n) is 6.28. The Morgan fingerprint density at radius 2 is 0.860 bits per heavy atom. The van der Waals surface area contributed by atoms with Gasteiger partial charge in [-0.05, 0) is 37.0 Å². The molecule has 0 aromatic carbocycles. The average molecular weight is 613 g/mol. The quantitative estimate of drug-likeness (QED) is 0.0690. The number of unbranched alkanes of at least 4 members (excludes halogenated alkanes) is 12. The predicted molar refractivity (Wildman–Crippen MR) is 175 cm³/mol. The molecule has 0 rings (SSSR count). The highest BCUT2D eigenvalue weighted by Crippen LogP contribution is 2.47. The third-order valence-corrected chi connectivity index (χ3v) is 8.97. The van der Waals surface area contributed by atoms with Crippen LogP contribution in [0.5, 0.6) is 0 Å². The lowest BCUT2D eigenvalue weighted by Crippen LogP contribution is -2.61. The number of hydrogen-bond acceptors (Lipinski definition) is 4. The third-order valence-electron chi connectivity index (χ3n) is 8.97. The summed E-state index contributed by atoms with van der Waals surface area (Å²) in [5.74, 6) is -2.10. The molecule has 0 fully saturated rings. The number of rotatable bonds is 30. The lowest BCUT2D eigenvalue weighted by atomic mass is 9.63. The first-order chi connectivity index (χ1) is 20.3. The van der Waals surface area contributed by atoms with Crippen LogP contribution in [0.25, 0.3) is 0 Å². The smallest absolute Gasteiger partial charge is 0.337 e. The Morgan fingerprint density at radius 1 is 0.512 bits per heavy atom. The van der Waals surface area contributed by atoms with E-state index in [-0.39, 0.29) is 19.4 Å². The van der Waals surface area contributed by atoms with Crippen LogP contribution in [-0.2, 0) is 19.1 Å². The number of ether oxygens (including phenoxy) is 1. The van der Waals surface area contributed by atoms with Gasteiger partial charge in [-0.2, -0.15) is 0 Å². The maximum absolute atomic E-state index is 13.2. The minimum Gasteiger partial charge on any atom is -0.481 e. The topological polar surface area (TPSA) is 121 Å². The van der Waals surface area contributed by atoms with Gasteiger partial charge in [-0.25, -0.2) is 4.79 Å². The molecular weight excluding hydrogens is 544 g/mol. The van der Waals surface area contributed by atoms with Crippen LogP contribution in [0.2, 0.25) is 0 Å². The monoisotopic (exact) mass is 612 g/mol. The Kier molecular flexibility index (Phi) is 22.8. The summed E-state index contributed by atoms with van der Waals surface area (Å²) in [4.78, 5) is 38.3. The van der Waals surface area contributed by atoms with Gasteiger partial charge < -0.3 is 20.1 Å². The molecule has 0 aliphatic carbocycles. The van der Waals surface area contributed by atoms with Gasteiger partial charge >= 0.3 is 17.9 Å². The van der Waals surface area contributed by atoms with Crippen LogP contribution in [0.15, 0.2) is 0 Å². The third kappa shape index (κ3) is 17.4. The lowest BCUT2D eigenvalue weighted by molar-refractivity contribution is -0.208. The average Bonchev–Trinajstić information content (AvgIpc) is 2.90. The summed E-state index contributed by atoms with van der Waals surface area (Å²) in [5.41, 5.74) is -4.11. The number of aliphatic carboxylic acids is 3. The number of carboxylic acid groups (broad SMARTS) is 3. The van der Waals surface area contributed by atoms with E-state index in [0.29, 0.717) is 37.0 Å². The van der Waals surface area contributed by atoms with E-state index >= 15 is 0 Å². The predicted octanol–water partition coefficient (Wildman–Crippen LogP) is 10.1. The molecule has 3 N–H and O–H groups in total. The second-order valence-electron chi connectivity index (χ2n) is 14.3. The van der Waals surface area contributed by atoms with Crippen LogP contribution >= 0.6 is 0 Å². The van der Waals surface area contributed by atoms with Crippen molar-refractivity contribution < 1.29 is 34.4 Å². The molecule has 0 radical (unpaired) electrons. The van der Waals surface area contributed by atoms with Gasteiger partial charge in [0.1, 0.15) is 5.41 Å². The molecule has 0 bridgehead atoms. The molecule has 0 aliphatic heterocycles. The van der Waals surface area contributed by atoms with Gasteiger partial charge in [0, 0.05) is 6.61 Å². The lowest BCUT2D eigenvalue weighted by Gasteiger charge is -2.44. The van der Waals surface area contributed by atoms with Crippen LogP contribution in [0.1, 0.15) is 176 Å². The van der Waals surface area contributed by atoms with Crippen molar-refractivity contribution in [1.82, 2.24) is 0 Å². The highest BCUT2D eigenvalue weighted by atomic mass is 16.5. The Labute approximate surface area is 263 Å². The van der Waals surface area contributed by atoms with E-state index in [0.717, 1.165) is 89.9 Å². The molecule has 7 nitrogen and oxygen atoms in total. The van der Waals surface area contributed by atoms with Crippen LogP contribution < -0.4 is 0 Å². The zero-order chi connectivity index (χ0) is 32.7. The summed E-state index contributed by atoms with van der Waals surface area (Å²) in [5, 5.41) is 31.2. The molecule has 254 valence electrons. The van der Waals surface area contributed by atoms with E-state index in [2.05, 4.69) is 41.5 Å². The minimum atomic E-state index is -2.31. The van der Waals surface area contributed by atoms with Crippen molar-refractivity contribution in [2.75, 3.05) is 6.61 Å². The largest absolute Gasteiger partial charge is 0.481 e. The molecule has 0 saturated carbocycles. The maximum atomic E-state index is 13.2. The molecule has 0 saturated heterocycles. The molecule has 43 heavy (non-hydrogen) atoms. The normalized spacial score (nSPS) is 13.6. The summed E-state index contributed by atoms with van der Waals surface area (Å²) in [6.07, 6.45) is 16.4. The van der Waals surface area contributed by atoms with Crippen molar-refractivity contribution in [1.29, 1.82) is 0 Å². The summed E-state index contributed by atoms with van der Waals surface area (Å²) in [7, 11) is 0. The second kappa shape index (κ2) is 23.7. The highest BCUT2D eigenvalue weighted by molar-refractivity contribution is 5.92. The van der Waals surface area contributed by atoms with E-state index in [9.17, 15) is 29.7 Å². The van der Waals surface area contributed by atoms with Crippen molar-refractivity contribution in [3.05, 3.63) is 0 Å². The Bertz CT molecular complexity index is 724. The number of carbonyl (C=O) groups is 3. The van der Waals surface area contributed by atoms with Gasteiger partial charge in [0.25, 0.3) is 0 Å². The van der Waals surface area contributed by atoms with Gasteiger partial charge in [0.2, 0.25) is 0 Å². The van der Waals surface area contributed by atoms with Crippen molar-refractivity contribution >= 4 is 17.9 Å². The zero-order valence-corrected chi connectivity index (χ0v) is 28.8. The molecule has 1 unspecified atom stereocenters. The summed E-state index contributed by atoms with van der Waals surface area (Å²) in [6.45, 7) is 13.3. The maximum Gasteiger partial charge on any atom is 0.337 e. The van der Waals surface area contributed by atoms with E-state index in [1.165, 1.54) is 6.42 Å². The first kappa shape index (κ1) is 41.4. The minimum absolute atomic E-state index is 0.0448. The summed E-state index contributed by atoms with van der Waals surface area (Å²) >= 11 is 0. The van der Waals surface area contributed by atoms with Crippen LogP contribution in [-0.4, -0.2) is 45.4 Å². The fraction of sp³-hybridized carbons (Fsp3) is 0.917. The van der Waals surface area contributed by atoms with Gasteiger partial charge in [-0.15, -0.1) is 0 Å². The Hall–Kier alpha value is -1.63. The molecule has 7 heteroatoms. The molecule has 1 atom stereocenters. The number of hydrogen-bond donors (Lipinski definition) is 3. The van der Waals surface area contributed by atoms with Crippen molar-refractivity contribution in [2.45, 2.75) is 182 Å². The van der Waals surface area contributed by atoms with Crippen LogP contribution in [0.4, 0.5) is 0 Å². The van der Waals surface area contributed by atoms with Crippen LogP contribution in [0.3, 0.4) is 0 Å². The Balaban J connectivity index is 5.76. The van der Waals surface area contributed by atoms with Gasteiger partial charge in [-0.1, -0.05) is 151 Å². The van der Waals surface area contributed by atoms with Gasteiger partial charge in [0.05, 0.1) is 6.42 Å². The molecule has 0 aromatic heterocycles. The van der Waals surface area contributed by atoms with Crippen molar-refractivity contribution in [2.24, 2.45) is 23.2 Å². The molecule has 0 heterocycles.